The Morgan fingerprint density at radius 1 is 1.24 bits per heavy atom. The molecule has 1 aliphatic rings. The first kappa shape index (κ1) is 18.2. The predicted octanol–water partition coefficient (Wildman–Crippen LogP) is 1.25. The molecule has 25 heavy (non-hydrogen) atoms. The third-order valence-electron chi connectivity index (χ3n) is 4.42. The second kappa shape index (κ2) is 6.64. The van der Waals surface area contributed by atoms with Gasteiger partial charge in [0.05, 0.1) is 16.7 Å². The molecule has 3 rings (SSSR count). The van der Waals surface area contributed by atoms with E-state index in [1.165, 1.54) is 4.31 Å². The van der Waals surface area contributed by atoms with Crippen molar-refractivity contribution in [3.8, 4) is 0 Å². The zero-order chi connectivity index (χ0) is 18.2. The zero-order valence-electron chi connectivity index (χ0n) is 14.1. The van der Waals surface area contributed by atoms with Gasteiger partial charge in [-0.2, -0.15) is 4.31 Å². The van der Waals surface area contributed by atoms with E-state index in [9.17, 15) is 16.8 Å². The lowest BCUT2D eigenvalue weighted by atomic mass is 10.1. The second-order valence-corrected chi connectivity index (χ2v) is 10.0. The molecule has 1 aromatic heterocycles. The van der Waals surface area contributed by atoms with Gasteiger partial charge in [0.1, 0.15) is 0 Å². The molecule has 136 valence electrons. The van der Waals surface area contributed by atoms with E-state index in [1.54, 1.807) is 30.5 Å². The number of nitrogens with one attached hydrogen (secondary N) is 1. The van der Waals surface area contributed by atoms with Gasteiger partial charge in [0.15, 0.2) is 0 Å². The van der Waals surface area contributed by atoms with Gasteiger partial charge in [-0.25, -0.2) is 21.6 Å². The molecule has 7 nitrogen and oxygen atoms in total. The Morgan fingerprint density at radius 2 is 2.00 bits per heavy atom. The summed E-state index contributed by atoms with van der Waals surface area (Å²) in [5, 5.41) is 0.587. The maximum Gasteiger partial charge on any atom is 0.244 e. The Balaban J connectivity index is 2.00. The van der Waals surface area contributed by atoms with Crippen LogP contribution in [0, 0.1) is 6.92 Å². The largest absolute Gasteiger partial charge is 0.256 e. The van der Waals surface area contributed by atoms with E-state index in [1.807, 2.05) is 6.92 Å². The molecule has 2 heterocycles. The number of fused-ring (bicyclic) bond motifs is 1. The zero-order valence-corrected chi connectivity index (χ0v) is 15.8. The fourth-order valence-corrected chi connectivity index (χ4v) is 5.59. The highest BCUT2D eigenvalue weighted by Crippen LogP contribution is 2.31. The van der Waals surface area contributed by atoms with E-state index in [-0.39, 0.29) is 17.5 Å². The minimum absolute atomic E-state index is 0.0834. The fraction of sp³-hybridized carbons (Fsp3) is 0.438. The average molecular weight is 383 g/mol. The Kier molecular flexibility index (Phi) is 4.84. The number of pyridine rings is 1. The average Bonchev–Trinajstić information content (AvgIpc) is 3.02. The van der Waals surface area contributed by atoms with Crippen LogP contribution in [0.5, 0.6) is 0 Å². The first-order valence-electron chi connectivity index (χ1n) is 8.01. The summed E-state index contributed by atoms with van der Waals surface area (Å²) in [7, 11) is -7.11. The molecule has 9 heteroatoms. The van der Waals surface area contributed by atoms with Gasteiger partial charge in [-0.05, 0) is 43.5 Å². The van der Waals surface area contributed by atoms with Crippen LogP contribution in [-0.2, 0) is 20.0 Å². The van der Waals surface area contributed by atoms with E-state index in [0.29, 0.717) is 30.3 Å². The summed E-state index contributed by atoms with van der Waals surface area (Å²) in [6, 6.07) is 6.44. The topological polar surface area (TPSA) is 96.4 Å². The molecule has 1 aromatic carbocycles. The summed E-state index contributed by atoms with van der Waals surface area (Å²) in [5.41, 5.74) is 1.57. The van der Waals surface area contributed by atoms with E-state index in [4.69, 9.17) is 0 Å². The van der Waals surface area contributed by atoms with Crippen LogP contribution in [-0.4, -0.2) is 51.5 Å². The van der Waals surface area contributed by atoms with E-state index >= 15 is 0 Å². The molecule has 0 aliphatic carbocycles. The van der Waals surface area contributed by atoms with Crippen LogP contribution in [0.2, 0.25) is 0 Å². The molecule has 0 radical (unpaired) electrons. The summed E-state index contributed by atoms with van der Waals surface area (Å²) < 4.78 is 52.9. The number of sulfonamides is 2. The summed E-state index contributed by atoms with van der Waals surface area (Å²) in [6.07, 6.45) is 4.04. The fourth-order valence-electron chi connectivity index (χ4n) is 3.22. The number of rotatable bonds is 5. The van der Waals surface area contributed by atoms with Crippen molar-refractivity contribution in [2.75, 3.05) is 19.3 Å². The van der Waals surface area contributed by atoms with Crippen LogP contribution in [0.4, 0.5) is 0 Å². The standard InChI is InChI=1S/C16H21N3O4S2/c1-12-7-8-15(14-6-3-9-17-16(12)14)25(22,23)19-10-4-5-13(19)11-18-24(2,20)21/h3,6-9,13,18H,4-5,10-11H2,1-2H3/t13-/m1/s1. The lowest BCUT2D eigenvalue weighted by molar-refractivity contribution is 0.385. The van der Waals surface area contributed by atoms with Crippen LogP contribution in [0.3, 0.4) is 0 Å². The predicted molar refractivity (Wildman–Crippen MR) is 96.2 cm³/mol. The summed E-state index contributed by atoms with van der Waals surface area (Å²) >= 11 is 0. The SMILES string of the molecule is Cc1ccc(S(=O)(=O)N2CCC[C@@H]2CNS(C)(=O)=O)c2cccnc12. The molecule has 1 saturated heterocycles. The maximum absolute atomic E-state index is 13.2. The van der Waals surface area contributed by atoms with Crippen molar-refractivity contribution < 1.29 is 16.8 Å². The Bertz CT molecular complexity index is 1000. The molecule has 1 fully saturated rings. The third-order valence-corrected chi connectivity index (χ3v) is 7.12. The van der Waals surface area contributed by atoms with Gasteiger partial charge in [-0.15, -0.1) is 0 Å². The van der Waals surface area contributed by atoms with Crippen LogP contribution >= 0.6 is 0 Å². The van der Waals surface area contributed by atoms with Crippen LogP contribution in [0.25, 0.3) is 10.9 Å². The highest BCUT2D eigenvalue weighted by atomic mass is 32.2. The third kappa shape index (κ3) is 3.69. The van der Waals surface area contributed by atoms with Crippen molar-refractivity contribution >= 4 is 30.9 Å². The Labute approximate surface area is 148 Å². The van der Waals surface area contributed by atoms with E-state index in [0.717, 1.165) is 11.8 Å². The quantitative estimate of drug-likeness (QED) is 0.838. The first-order chi connectivity index (χ1) is 11.7. The second-order valence-electron chi connectivity index (χ2n) is 6.31. The summed E-state index contributed by atoms with van der Waals surface area (Å²) in [6.45, 7) is 2.36. The molecule has 0 amide bonds. The molecule has 1 N–H and O–H groups in total. The molecular weight excluding hydrogens is 362 g/mol. The van der Waals surface area contributed by atoms with E-state index in [2.05, 4.69) is 9.71 Å². The van der Waals surface area contributed by atoms with Crippen LogP contribution in [0.1, 0.15) is 18.4 Å². The summed E-state index contributed by atoms with van der Waals surface area (Å²) in [5.74, 6) is 0. The van der Waals surface area contributed by atoms with Gasteiger partial charge in [0, 0.05) is 30.7 Å². The highest BCUT2D eigenvalue weighted by molar-refractivity contribution is 7.89. The number of aryl methyl sites for hydroxylation is 1. The summed E-state index contributed by atoms with van der Waals surface area (Å²) in [4.78, 5) is 4.51. The van der Waals surface area contributed by atoms with Crippen LogP contribution < -0.4 is 4.72 Å². The normalized spacial score (nSPS) is 19.5. The Hall–Kier alpha value is -1.55. The molecule has 0 bridgehead atoms. The van der Waals surface area contributed by atoms with Gasteiger partial charge < -0.3 is 0 Å². The molecule has 1 atom stereocenters. The smallest absolute Gasteiger partial charge is 0.244 e. The molecule has 0 unspecified atom stereocenters. The highest BCUT2D eigenvalue weighted by Gasteiger charge is 2.36. The minimum atomic E-state index is -3.74. The number of hydrogen-bond donors (Lipinski definition) is 1. The maximum atomic E-state index is 13.2. The van der Waals surface area contributed by atoms with Crippen molar-refractivity contribution in [3.05, 3.63) is 36.0 Å². The molecule has 2 aromatic rings. The minimum Gasteiger partial charge on any atom is -0.256 e. The van der Waals surface area contributed by atoms with Crippen molar-refractivity contribution in [1.82, 2.24) is 14.0 Å². The number of nitrogens with zero attached hydrogens (tertiary/aromatic N) is 2. The van der Waals surface area contributed by atoms with Crippen molar-refractivity contribution in [2.24, 2.45) is 0 Å². The van der Waals surface area contributed by atoms with Crippen molar-refractivity contribution in [3.63, 3.8) is 0 Å². The number of benzene rings is 1. The van der Waals surface area contributed by atoms with E-state index < -0.39 is 20.0 Å². The lowest BCUT2D eigenvalue weighted by Crippen LogP contribution is -2.42. The molecule has 1 aliphatic heterocycles. The molecule has 0 saturated carbocycles. The van der Waals surface area contributed by atoms with Crippen molar-refractivity contribution in [2.45, 2.75) is 30.7 Å². The van der Waals surface area contributed by atoms with Gasteiger partial charge in [0.2, 0.25) is 20.0 Å². The van der Waals surface area contributed by atoms with Gasteiger partial charge in [-0.3, -0.25) is 4.98 Å². The molecule has 0 spiro atoms. The first-order valence-corrected chi connectivity index (χ1v) is 11.3. The van der Waals surface area contributed by atoms with Gasteiger partial charge >= 0.3 is 0 Å². The van der Waals surface area contributed by atoms with Gasteiger partial charge in [0.25, 0.3) is 0 Å². The number of hydrogen-bond acceptors (Lipinski definition) is 5. The number of aromatic nitrogens is 1. The van der Waals surface area contributed by atoms with Gasteiger partial charge in [-0.1, -0.05) is 6.07 Å². The lowest BCUT2D eigenvalue weighted by Gasteiger charge is -2.24. The molecular formula is C16H21N3O4S2. The Morgan fingerprint density at radius 3 is 2.72 bits per heavy atom. The monoisotopic (exact) mass is 383 g/mol. The van der Waals surface area contributed by atoms with Crippen LogP contribution in [0.15, 0.2) is 35.4 Å². The van der Waals surface area contributed by atoms with Crippen molar-refractivity contribution in [1.29, 1.82) is 0 Å².